The summed E-state index contributed by atoms with van der Waals surface area (Å²) < 4.78 is 10.9. The van der Waals surface area contributed by atoms with Crippen LogP contribution in [-0.4, -0.2) is 50.2 Å². The molecule has 6 heteroatoms. The summed E-state index contributed by atoms with van der Waals surface area (Å²) in [5.74, 6) is 1.74. The van der Waals surface area contributed by atoms with Gasteiger partial charge in [-0.15, -0.1) is 11.3 Å². The summed E-state index contributed by atoms with van der Waals surface area (Å²) in [5, 5.41) is 5.07. The Morgan fingerprint density at radius 2 is 1.92 bits per heavy atom. The van der Waals surface area contributed by atoms with Crippen molar-refractivity contribution in [3.63, 3.8) is 0 Å². The summed E-state index contributed by atoms with van der Waals surface area (Å²) in [6, 6.07) is 11.7. The quantitative estimate of drug-likeness (QED) is 0.825. The zero-order valence-electron chi connectivity index (χ0n) is 14.4. The lowest BCUT2D eigenvalue weighted by Gasteiger charge is -2.32. The predicted molar refractivity (Wildman–Crippen MR) is 99.7 cm³/mol. The van der Waals surface area contributed by atoms with Crippen molar-refractivity contribution in [1.82, 2.24) is 10.2 Å². The lowest BCUT2D eigenvalue weighted by molar-refractivity contribution is 0.0909. The highest BCUT2D eigenvalue weighted by molar-refractivity contribution is 7.12. The van der Waals surface area contributed by atoms with E-state index in [0.29, 0.717) is 6.61 Å². The second-order valence-corrected chi connectivity index (χ2v) is 7.04. The molecule has 2 heterocycles. The van der Waals surface area contributed by atoms with Gasteiger partial charge in [-0.3, -0.25) is 9.69 Å². The highest BCUT2D eigenvalue weighted by atomic mass is 32.1. The van der Waals surface area contributed by atoms with Crippen LogP contribution in [0.5, 0.6) is 11.5 Å². The van der Waals surface area contributed by atoms with Crippen molar-refractivity contribution < 1.29 is 14.3 Å². The maximum Gasteiger partial charge on any atom is 0.261 e. The van der Waals surface area contributed by atoms with E-state index >= 15 is 0 Å². The molecule has 134 valence electrons. The fourth-order valence-corrected chi connectivity index (χ4v) is 3.56. The highest BCUT2D eigenvalue weighted by Gasteiger charge is 2.21. The molecule has 1 aromatic carbocycles. The van der Waals surface area contributed by atoms with Crippen LogP contribution in [0.4, 0.5) is 0 Å². The smallest absolute Gasteiger partial charge is 0.261 e. The molecule has 1 aliphatic heterocycles. The standard InChI is InChI=1S/C19H24N2O3S/c1-23-16-4-6-17(7-5-16)24-13-12-21-10-8-15(9-11-21)20-19(22)18-3-2-14-25-18/h2-7,14-15H,8-13H2,1H3,(H,20,22). The fourth-order valence-electron chi connectivity index (χ4n) is 2.93. The van der Waals surface area contributed by atoms with Crippen LogP contribution in [0, 0.1) is 0 Å². The van der Waals surface area contributed by atoms with E-state index < -0.39 is 0 Å². The number of thiophene rings is 1. The number of likely N-dealkylation sites (tertiary alicyclic amines) is 1. The lowest BCUT2D eigenvalue weighted by atomic mass is 10.1. The van der Waals surface area contributed by atoms with Crippen molar-refractivity contribution in [1.29, 1.82) is 0 Å². The number of piperidine rings is 1. The van der Waals surface area contributed by atoms with E-state index in [-0.39, 0.29) is 11.9 Å². The van der Waals surface area contributed by atoms with Gasteiger partial charge in [-0.1, -0.05) is 6.07 Å². The molecular weight excluding hydrogens is 336 g/mol. The zero-order chi connectivity index (χ0) is 17.5. The van der Waals surface area contributed by atoms with E-state index in [1.807, 2.05) is 41.8 Å². The lowest BCUT2D eigenvalue weighted by Crippen LogP contribution is -2.45. The molecular formula is C19H24N2O3S. The van der Waals surface area contributed by atoms with Gasteiger partial charge in [-0.25, -0.2) is 0 Å². The minimum Gasteiger partial charge on any atom is -0.497 e. The molecule has 0 radical (unpaired) electrons. The molecule has 1 amide bonds. The summed E-state index contributed by atoms with van der Waals surface area (Å²) in [5.41, 5.74) is 0. The summed E-state index contributed by atoms with van der Waals surface area (Å²) in [6.45, 7) is 3.54. The molecule has 3 rings (SSSR count). The first-order valence-corrected chi connectivity index (χ1v) is 9.46. The second kappa shape index (κ2) is 8.87. The number of amides is 1. The van der Waals surface area contributed by atoms with Crippen molar-refractivity contribution in [3.8, 4) is 11.5 Å². The van der Waals surface area contributed by atoms with Crippen LogP contribution >= 0.6 is 11.3 Å². The number of hydrogen-bond donors (Lipinski definition) is 1. The van der Waals surface area contributed by atoms with E-state index in [9.17, 15) is 4.79 Å². The van der Waals surface area contributed by atoms with E-state index in [0.717, 1.165) is 48.9 Å². The third-order valence-corrected chi connectivity index (χ3v) is 5.27. The fraction of sp³-hybridized carbons (Fsp3) is 0.421. The van der Waals surface area contributed by atoms with Crippen LogP contribution in [0.25, 0.3) is 0 Å². The third-order valence-electron chi connectivity index (χ3n) is 4.40. The Morgan fingerprint density at radius 1 is 1.20 bits per heavy atom. The van der Waals surface area contributed by atoms with Gasteiger partial charge in [0.25, 0.3) is 5.91 Å². The van der Waals surface area contributed by atoms with Gasteiger partial charge in [0.1, 0.15) is 18.1 Å². The Kier molecular flexibility index (Phi) is 6.30. The molecule has 1 fully saturated rings. The number of nitrogens with one attached hydrogen (secondary N) is 1. The summed E-state index contributed by atoms with van der Waals surface area (Å²) in [4.78, 5) is 15.3. The Morgan fingerprint density at radius 3 is 2.56 bits per heavy atom. The molecule has 0 bridgehead atoms. The zero-order valence-corrected chi connectivity index (χ0v) is 15.3. The van der Waals surface area contributed by atoms with Gasteiger partial charge in [0.15, 0.2) is 0 Å². The molecule has 2 aromatic rings. The average molecular weight is 360 g/mol. The number of carbonyl (C=O) groups excluding carboxylic acids is 1. The van der Waals surface area contributed by atoms with Crippen molar-refractivity contribution in [3.05, 3.63) is 46.7 Å². The first-order chi connectivity index (χ1) is 12.2. The Balaban J connectivity index is 1.34. The van der Waals surface area contributed by atoms with Crippen LogP contribution < -0.4 is 14.8 Å². The molecule has 0 atom stereocenters. The molecule has 0 spiro atoms. The number of methoxy groups -OCH3 is 1. The molecule has 1 N–H and O–H groups in total. The Bertz CT molecular complexity index is 650. The van der Waals surface area contributed by atoms with Crippen LogP contribution in [0.3, 0.4) is 0 Å². The summed E-state index contributed by atoms with van der Waals surface area (Å²) >= 11 is 1.48. The van der Waals surface area contributed by atoms with Crippen molar-refractivity contribution in [2.24, 2.45) is 0 Å². The second-order valence-electron chi connectivity index (χ2n) is 6.09. The molecule has 1 saturated heterocycles. The van der Waals surface area contributed by atoms with Crippen molar-refractivity contribution >= 4 is 17.2 Å². The number of rotatable bonds is 7. The Hall–Kier alpha value is -2.05. The molecule has 1 aromatic heterocycles. The normalized spacial score (nSPS) is 15.7. The molecule has 0 aliphatic carbocycles. The maximum absolute atomic E-state index is 12.1. The number of carbonyl (C=O) groups is 1. The number of benzene rings is 1. The van der Waals surface area contributed by atoms with Gasteiger partial charge in [0.05, 0.1) is 12.0 Å². The van der Waals surface area contributed by atoms with E-state index in [1.165, 1.54) is 11.3 Å². The van der Waals surface area contributed by atoms with Crippen LogP contribution in [-0.2, 0) is 0 Å². The minimum atomic E-state index is 0.0521. The monoisotopic (exact) mass is 360 g/mol. The number of ether oxygens (including phenoxy) is 2. The maximum atomic E-state index is 12.1. The van der Waals surface area contributed by atoms with Gasteiger partial charge in [0, 0.05) is 25.7 Å². The topological polar surface area (TPSA) is 50.8 Å². The van der Waals surface area contributed by atoms with E-state index in [2.05, 4.69) is 10.2 Å². The van der Waals surface area contributed by atoms with E-state index in [1.54, 1.807) is 7.11 Å². The molecule has 5 nitrogen and oxygen atoms in total. The first kappa shape index (κ1) is 17.8. The molecule has 25 heavy (non-hydrogen) atoms. The summed E-state index contributed by atoms with van der Waals surface area (Å²) in [7, 11) is 1.66. The predicted octanol–water partition coefficient (Wildman–Crippen LogP) is 3.03. The molecule has 1 aliphatic rings. The van der Waals surface area contributed by atoms with Gasteiger partial charge in [-0.2, -0.15) is 0 Å². The van der Waals surface area contributed by atoms with Crippen molar-refractivity contribution in [2.45, 2.75) is 18.9 Å². The van der Waals surface area contributed by atoms with Crippen LogP contribution in [0.2, 0.25) is 0 Å². The van der Waals surface area contributed by atoms with Gasteiger partial charge in [-0.05, 0) is 48.6 Å². The van der Waals surface area contributed by atoms with Crippen molar-refractivity contribution in [2.75, 3.05) is 33.4 Å². The SMILES string of the molecule is COc1ccc(OCCN2CCC(NC(=O)c3cccs3)CC2)cc1. The van der Waals surface area contributed by atoms with Crippen LogP contribution in [0.15, 0.2) is 41.8 Å². The largest absolute Gasteiger partial charge is 0.497 e. The van der Waals surface area contributed by atoms with Crippen LogP contribution in [0.1, 0.15) is 22.5 Å². The Labute approximate surface area is 152 Å². The van der Waals surface area contributed by atoms with Gasteiger partial charge in [0.2, 0.25) is 0 Å². The number of hydrogen-bond acceptors (Lipinski definition) is 5. The summed E-state index contributed by atoms with van der Waals surface area (Å²) in [6.07, 6.45) is 1.97. The molecule has 0 unspecified atom stereocenters. The molecule has 0 saturated carbocycles. The first-order valence-electron chi connectivity index (χ1n) is 8.58. The van der Waals surface area contributed by atoms with Gasteiger partial charge >= 0.3 is 0 Å². The van der Waals surface area contributed by atoms with E-state index in [4.69, 9.17) is 9.47 Å². The average Bonchev–Trinajstić information content (AvgIpc) is 3.19. The number of nitrogens with zero attached hydrogens (tertiary/aromatic N) is 1. The van der Waals surface area contributed by atoms with Gasteiger partial charge < -0.3 is 14.8 Å². The third kappa shape index (κ3) is 5.21. The highest BCUT2D eigenvalue weighted by Crippen LogP contribution is 2.17. The minimum absolute atomic E-state index is 0.0521.